The Hall–Kier alpha value is -3.67. The predicted molar refractivity (Wildman–Crippen MR) is 118 cm³/mol. The third-order valence-electron chi connectivity index (χ3n) is 5.49. The van der Waals surface area contributed by atoms with E-state index in [0.717, 1.165) is 16.8 Å². The first-order chi connectivity index (χ1) is 15.1. The molecule has 5 nitrogen and oxygen atoms in total. The zero-order chi connectivity index (χ0) is 21.6. The zero-order valence-corrected chi connectivity index (χ0v) is 17.1. The molecule has 0 aliphatic carbocycles. The number of amides is 2. The quantitative estimate of drug-likeness (QED) is 0.663. The highest BCUT2D eigenvalue weighted by atomic mass is 19.1. The number of carbonyl (C=O) groups is 2. The summed E-state index contributed by atoms with van der Waals surface area (Å²) in [6.07, 6.45) is 0. The van der Waals surface area contributed by atoms with Crippen molar-refractivity contribution in [2.45, 2.75) is 6.04 Å². The molecule has 3 aromatic rings. The normalized spacial score (nSPS) is 13.9. The summed E-state index contributed by atoms with van der Waals surface area (Å²) in [5, 5.41) is 2.91. The van der Waals surface area contributed by atoms with E-state index in [1.807, 2.05) is 60.7 Å². The zero-order valence-electron chi connectivity index (χ0n) is 17.1. The van der Waals surface area contributed by atoms with E-state index in [-0.39, 0.29) is 5.82 Å². The van der Waals surface area contributed by atoms with Gasteiger partial charge in [-0.3, -0.25) is 9.59 Å². The lowest BCUT2D eigenvalue weighted by atomic mass is 9.98. The topological polar surface area (TPSA) is 52.7 Å². The molecule has 0 atom stereocenters. The van der Waals surface area contributed by atoms with Gasteiger partial charge in [0, 0.05) is 31.9 Å². The fourth-order valence-electron chi connectivity index (χ4n) is 3.81. The highest BCUT2D eigenvalue weighted by molar-refractivity contribution is 6.35. The van der Waals surface area contributed by atoms with Gasteiger partial charge in [0.25, 0.3) is 0 Å². The van der Waals surface area contributed by atoms with Gasteiger partial charge >= 0.3 is 11.8 Å². The molecule has 4 rings (SSSR count). The van der Waals surface area contributed by atoms with Gasteiger partial charge in [-0.2, -0.15) is 0 Å². The molecular weight excluding hydrogens is 393 g/mol. The summed E-state index contributed by atoms with van der Waals surface area (Å²) in [7, 11) is 0. The maximum absolute atomic E-state index is 13.1. The molecule has 3 aromatic carbocycles. The Morgan fingerprint density at radius 3 is 1.77 bits per heavy atom. The molecule has 0 unspecified atom stereocenters. The van der Waals surface area contributed by atoms with Crippen LogP contribution < -0.4 is 10.2 Å². The summed E-state index contributed by atoms with van der Waals surface area (Å²) in [6, 6.07) is 25.1. The number of carbonyl (C=O) groups excluding carboxylic acids is 2. The van der Waals surface area contributed by atoms with Gasteiger partial charge in [0.2, 0.25) is 0 Å². The molecule has 1 N–H and O–H groups in total. The van der Waals surface area contributed by atoms with Gasteiger partial charge in [0.05, 0.1) is 6.04 Å². The van der Waals surface area contributed by atoms with E-state index in [2.05, 4.69) is 10.2 Å². The third kappa shape index (κ3) is 4.91. The number of nitrogens with one attached hydrogen (secondary N) is 1. The average Bonchev–Trinajstić information content (AvgIpc) is 2.83. The predicted octanol–water partition coefficient (Wildman–Crippen LogP) is 3.38. The summed E-state index contributed by atoms with van der Waals surface area (Å²) in [4.78, 5) is 29.3. The maximum atomic E-state index is 13.1. The molecule has 1 fully saturated rings. The van der Waals surface area contributed by atoms with Crippen molar-refractivity contribution in [2.75, 3.05) is 31.1 Å². The first-order valence-corrected chi connectivity index (χ1v) is 10.3. The van der Waals surface area contributed by atoms with E-state index in [1.54, 1.807) is 17.0 Å². The van der Waals surface area contributed by atoms with Gasteiger partial charge in [0.1, 0.15) is 5.82 Å². The Bertz CT molecular complexity index is 978. The van der Waals surface area contributed by atoms with Crippen LogP contribution in [0.1, 0.15) is 17.2 Å². The summed E-state index contributed by atoms with van der Waals surface area (Å²) in [6.45, 7) is 2.05. The molecule has 6 heteroatoms. The van der Waals surface area contributed by atoms with Gasteiger partial charge in [-0.15, -0.1) is 0 Å². The van der Waals surface area contributed by atoms with Crippen molar-refractivity contribution in [3.8, 4) is 0 Å². The van der Waals surface area contributed by atoms with Crippen LogP contribution in [0.2, 0.25) is 0 Å². The summed E-state index contributed by atoms with van der Waals surface area (Å²) >= 11 is 0. The van der Waals surface area contributed by atoms with E-state index in [1.165, 1.54) is 12.1 Å². The minimum Gasteiger partial charge on any atom is -0.368 e. The minimum absolute atomic E-state index is 0.277. The molecular formula is C25H24FN3O2. The van der Waals surface area contributed by atoms with Crippen LogP contribution >= 0.6 is 0 Å². The Labute approximate surface area is 181 Å². The lowest BCUT2D eigenvalue weighted by Crippen LogP contribution is -2.53. The van der Waals surface area contributed by atoms with Crippen LogP contribution in [-0.2, 0) is 9.59 Å². The highest BCUT2D eigenvalue weighted by Crippen LogP contribution is 2.22. The minimum atomic E-state index is -0.618. The third-order valence-corrected chi connectivity index (χ3v) is 5.49. The molecule has 0 spiro atoms. The van der Waals surface area contributed by atoms with Gasteiger partial charge in [-0.05, 0) is 35.4 Å². The van der Waals surface area contributed by atoms with Crippen molar-refractivity contribution < 1.29 is 14.0 Å². The van der Waals surface area contributed by atoms with E-state index < -0.39 is 17.9 Å². The average molecular weight is 417 g/mol. The molecule has 2 amide bonds. The SMILES string of the molecule is O=C(NC(c1ccccc1)c1ccccc1)C(=O)N1CCN(c2ccc(F)cc2)CC1. The van der Waals surface area contributed by atoms with Crippen LogP contribution in [0.15, 0.2) is 84.9 Å². The van der Waals surface area contributed by atoms with Crippen molar-refractivity contribution in [3.05, 3.63) is 102 Å². The fraction of sp³-hybridized carbons (Fsp3) is 0.200. The lowest BCUT2D eigenvalue weighted by molar-refractivity contribution is -0.146. The fourth-order valence-corrected chi connectivity index (χ4v) is 3.81. The second-order valence-electron chi connectivity index (χ2n) is 7.48. The molecule has 1 heterocycles. The van der Waals surface area contributed by atoms with Crippen LogP contribution in [0.5, 0.6) is 0 Å². The van der Waals surface area contributed by atoms with Gasteiger partial charge in [-0.25, -0.2) is 4.39 Å². The molecule has 158 valence electrons. The van der Waals surface area contributed by atoms with Crippen molar-refractivity contribution in [1.29, 1.82) is 0 Å². The first-order valence-electron chi connectivity index (χ1n) is 10.3. The Kier molecular flexibility index (Phi) is 6.26. The molecule has 0 aromatic heterocycles. The number of halogens is 1. The molecule has 0 bridgehead atoms. The molecule has 0 radical (unpaired) electrons. The summed E-state index contributed by atoms with van der Waals surface area (Å²) in [5.74, 6) is -1.43. The van der Waals surface area contributed by atoms with Crippen LogP contribution in [0, 0.1) is 5.82 Å². The van der Waals surface area contributed by atoms with Crippen LogP contribution in [0.25, 0.3) is 0 Å². The number of benzene rings is 3. The van der Waals surface area contributed by atoms with E-state index in [4.69, 9.17) is 0 Å². The van der Waals surface area contributed by atoms with Gasteiger partial charge in [0.15, 0.2) is 0 Å². The highest BCUT2D eigenvalue weighted by Gasteiger charge is 2.28. The monoisotopic (exact) mass is 417 g/mol. The van der Waals surface area contributed by atoms with E-state index in [9.17, 15) is 14.0 Å². The first kappa shape index (κ1) is 20.6. The van der Waals surface area contributed by atoms with Crippen LogP contribution in [0.3, 0.4) is 0 Å². The molecule has 0 saturated carbocycles. The lowest BCUT2D eigenvalue weighted by Gasteiger charge is -2.36. The van der Waals surface area contributed by atoms with Gasteiger partial charge < -0.3 is 15.1 Å². The second-order valence-corrected chi connectivity index (χ2v) is 7.48. The summed E-state index contributed by atoms with van der Waals surface area (Å²) in [5.41, 5.74) is 2.73. The van der Waals surface area contributed by atoms with Crippen molar-refractivity contribution in [1.82, 2.24) is 10.2 Å². The van der Waals surface area contributed by atoms with Crippen LogP contribution in [-0.4, -0.2) is 42.9 Å². The number of anilines is 1. The van der Waals surface area contributed by atoms with Crippen LogP contribution in [0.4, 0.5) is 10.1 Å². The van der Waals surface area contributed by atoms with Crippen molar-refractivity contribution in [3.63, 3.8) is 0 Å². The van der Waals surface area contributed by atoms with Gasteiger partial charge in [-0.1, -0.05) is 60.7 Å². The van der Waals surface area contributed by atoms with Crippen molar-refractivity contribution >= 4 is 17.5 Å². The largest absolute Gasteiger partial charge is 0.368 e. The second kappa shape index (κ2) is 9.43. The number of hydrogen-bond acceptors (Lipinski definition) is 3. The number of rotatable bonds is 4. The number of nitrogens with zero attached hydrogens (tertiary/aromatic N) is 2. The Morgan fingerprint density at radius 2 is 1.26 bits per heavy atom. The molecule has 1 aliphatic rings. The summed E-state index contributed by atoms with van der Waals surface area (Å²) < 4.78 is 13.1. The smallest absolute Gasteiger partial charge is 0.312 e. The number of piperazine rings is 1. The number of hydrogen-bond donors (Lipinski definition) is 1. The van der Waals surface area contributed by atoms with E-state index >= 15 is 0 Å². The standard InChI is InChI=1S/C25H24FN3O2/c26-21-11-13-22(14-12-21)28-15-17-29(18-16-28)25(31)24(30)27-23(19-7-3-1-4-8-19)20-9-5-2-6-10-20/h1-14,23H,15-18H2,(H,27,30). The Morgan fingerprint density at radius 1 is 0.742 bits per heavy atom. The van der Waals surface area contributed by atoms with Crippen molar-refractivity contribution in [2.24, 2.45) is 0 Å². The molecule has 1 aliphatic heterocycles. The van der Waals surface area contributed by atoms with E-state index in [0.29, 0.717) is 26.2 Å². The molecule has 31 heavy (non-hydrogen) atoms. The maximum Gasteiger partial charge on any atom is 0.312 e. The Balaban J connectivity index is 1.41. The molecule has 1 saturated heterocycles.